The largest absolute Gasteiger partial charge is 0.378 e. The highest BCUT2D eigenvalue weighted by molar-refractivity contribution is 9.10. The predicted octanol–water partition coefficient (Wildman–Crippen LogP) is 4.83. The van der Waals surface area contributed by atoms with Crippen molar-refractivity contribution in [2.24, 2.45) is 0 Å². The molecule has 1 unspecified atom stereocenters. The van der Waals surface area contributed by atoms with E-state index < -0.39 is 0 Å². The zero-order chi connectivity index (χ0) is 14.7. The zero-order valence-corrected chi connectivity index (χ0v) is 13.4. The van der Waals surface area contributed by atoms with Crippen molar-refractivity contribution in [3.63, 3.8) is 0 Å². The molecule has 0 amide bonds. The summed E-state index contributed by atoms with van der Waals surface area (Å²) < 4.78 is 14.1. The number of benzene rings is 2. The summed E-state index contributed by atoms with van der Waals surface area (Å²) in [5.41, 5.74) is 3.08. The van der Waals surface area contributed by atoms with Crippen LogP contribution in [0.15, 0.2) is 46.9 Å². The maximum absolute atomic E-state index is 13.3. The molecule has 0 heterocycles. The van der Waals surface area contributed by atoms with Crippen molar-refractivity contribution < 1.29 is 4.39 Å². The van der Waals surface area contributed by atoms with Gasteiger partial charge in [0.25, 0.3) is 0 Å². The molecule has 2 nitrogen and oxygen atoms in total. The maximum Gasteiger partial charge on any atom is 0.125 e. The average Bonchev–Trinajstić information content (AvgIpc) is 2.43. The minimum Gasteiger partial charge on any atom is -0.378 e. The molecule has 0 saturated heterocycles. The van der Waals surface area contributed by atoms with Crippen LogP contribution in [0.25, 0.3) is 0 Å². The Bertz CT molecular complexity index is 582. The summed E-state index contributed by atoms with van der Waals surface area (Å²) >= 11 is 3.43. The predicted molar refractivity (Wildman–Crippen MR) is 86.9 cm³/mol. The maximum atomic E-state index is 13.3. The Morgan fingerprint density at radius 1 is 1.10 bits per heavy atom. The van der Waals surface area contributed by atoms with E-state index in [0.717, 1.165) is 21.4 Å². The van der Waals surface area contributed by atoms with Gasteiger partial charge in [-0.1, -0.05) is 12.1 Å². The highest BCUT2D eigenvalue weighted by atomic mass is 79.9. The van der Waals surface area contributed by atoms with Gasteiger partial charge in [-0.2, -0.15) is 0 Å². The van der Waals surface area contributed by atoms with Gasteiger partial charge in [0.1, 0.15) is 5.82 Å². The van der Waals surface area contributed by atoms with E-state index >= 15 is 0 Å². The van der Waals surface area contributed by atoms with Crippen LogP contribution in [-0.4, -0.2) is 14.1 Å². The van der Waals surface area contributed by atoms with Crippen molar-refractivity contribution in [1.29, 1.82) is 0 Å². The Morgan fingerprint density at radius 3 is 2.35 bits per heavy atom. The minimum absolute atomic E-state index is 0.101. The third-order valence-electron chi connectivity index (χ3n) is 3.21. The van der Waals surface area contributed by atoms with Gasteiger partial charge in [0, 0.05) is 30.3 Å². The van der Waals surface area contributed by atoms with Crippen LogP contribution in [0.1, 0.15) is 18.5 Å². The van der Waals surface area contributed by atoms with E-state index in [1.54, 1.807) is 6.07 Å². The molecule has 0 fully saturated rings. The fourth-order valence-electron chi connectivity index (χ4n) is 1.99. The molecule has 2 rings (SSSR count). The van der Waals surface area contributed by atoms with E-state index in [0.29, 0.717) is 0 Å². The van der Waals surface area contributed by atoms with Crippen LogP contribution in [0, 0.1) is 5.82 Å². The van der Waals surface area contributed by atoms with E-state index in [-0.39, 0.29) is 11.9 Å². The standard InChI is InChI=1S/C16H18BrFN2/c1-11(12-4-7-14(8-5-12)20(2)3)19-16-10-13(18)6-9-15(16)17/h4-11,19H,1-3H3. The minimum atomic E-state index is -0.245. The number of nitrogens with one attached hydrogen (secondary N) is 1. The fourth-order valence-corrected chi connectivity index (χ4v) is 2.35. The molecule has 0 saturated carbocycles. The summed E-state index contributed by atoms with van der Waals surface area (Å²) in [6.07, 6.45) is 0. The molecule has 20 heavy (non-hydrogen) atoms. The molecule has 0 aliphatic carbocycles. The Kier molecular flexibility index (Phi) is 4.65. The molecule has 0 aromatic heterocycles. The van der Waals surface area contributed by atoms with Crippen molar-refractivity contribution >= 4 is 27.3 Å². The van der Waals surface area contributed by atoms with Crippen LogP contribution in [0.2, 0.25) is 0 Å². The number of rotatable bonds is 4. The van der Waals surface area contributed by atoms with Gasteiger partial charge in [-0.3, -0.25) is 0 Å². The lowest BCUT2D eigenvalue weighted by atomic mass is 10.1. The first-order valence-corrected chi connectivity index (χ1v) is 7.25. The van der Waals surface area contributed by atoms with E-state index in [1.807, 2.05) is 14.1 Å². The first kappa shape index (κ1) is 14.9. The van der Waals surface area contributed by atoms with Gasteiger partial charge in [0.05, 0.1) is 5.69 Å². The zero-order valence-electron chi connectivity index (χ0n) is 11.8. The van der Waals surface area contributed by atoms with Gasteiger partial charge in [0.2, 0.25) is 0 Å². The molecule has 2 aromatic carbocycles. The van der Waals surface area contributed by atoms with Crippen molar-refractivity contribution in [2.75, 3.05) is 24.3 Å². The molecule has 106 valence electrons. The quantitative estimate of drug-likeness (QED) is 0.860. The summed E-state index contributed by atoms with van der Waals surface area (Å²) in [6.45, 7) is 2.06. The Hall–Kier alpha value is -1.55. The van der Waals surface area contributed by atoms with E-state index in [9.17, 15) is 4.39 Å². The third kappa shape index (κ3) is 3.51. The van der Waals surface area contributed by atoms with Gasteiger partial charge >= 0.3 is 0 Å². The number of hydrogen-bond acceptors (Lipinski definition) is 2. The van der Waals surface area contributed by atoms with Crippen molar-refractivity contribution in [2.45, 2.75) is 13.0 Å². The van der Waals surface area contributed by atoms with Gasteiger partial charge in [0.15, 0.2) is 0 Å². The molecular formula is C16H18BrFN2. The first-order valence-electron chi connectivity index (χ1n) is 6.46. The van der Waals surface area contributed by atoms with Crippen LogP contribution >= 0.6 is 15.9 Å². The smallest absolute Gasteiger partial charge is 0.125 e. The molecule has 1 atom stereocenters. The summed E-state index contributed by atoms with van der Waals surface area (Å²) in [5, 5.41) is 3.32. The third-order valence-corrected chi connectivity index (χ3v) is 3.90. The van der Waals surface area contributed by atoms with Crippen LogP contribution in [0.3, 0.4) is 0 Å². The highest BCUT2D eigenvalue weighted by Gasteiger charge is 2.08. The molecule has 1 N–H and O–H groups in total. The number of halogens is 2. The van der Waals surface area contributed by atoms with Crippen LogP contribution < -0.4 is 10.2 Å². The molecule has 4 heteroatoms. The van der Waals surface area contributed by atoms with Gasteiger partial charge in [-0.05, 0) is 58.7 Å². The average molecular weight is 337 g/mol. The molecule has 0 radical (unpaired) electrons. The number of anilines is 2. The summed E-state index contributed by atoms with van der Waals surface area (Å²) in [7, 11) is 4.03. The SMILES string of the molecule is CC(Nc1cc(F)ccc1Br)c1ccc(N(C)C)cc1. The molecular weight excluding hydrogens is 319 g/mol. The van der Waals surface area contributed by atoms with Gasteiger partial charge in [-0.25, -0.2) is 4.39 Å². The molecule has 0 spiro atoms. The topological polar surface area (TPSA) is 15.3 Å². The van der Waals surface area contributed by atoms with Crippen LogP contribution in [0.4, 0.5) is 15.8 Å². The van der Waals surface area contributed by atoms with Gasteiger partial charge in [-0.15, -0.1) is 0 Å². The van der Waals surface area contributed by atoms with E-state index in [1.165, 1.54) is 12.1 Å². The summed E-state index contributed by atoms with van der Waals surface area (Å²) in [4.78, 5) is 2.06. The second-order valence-corrected chi connectivity index (χ2v) is 5.83. The van der Waals surface area contributed by atoms with Crippen LogP contribution in [-0.2, 0) is 0 Å². The van der Waals surface area contributed by atoms with Crippen molar-refractivity contribution in [1.82, 2.24) is 0 Å². The van der Waals surface area contributed by atoms with Crippen molar-refractivity contribution in [3.8, 4) is 0 Å². The first-order chi connectivity index (χ1) is 9.47. The monoisotopic (exact) mass is 336 g/mol. The van der Waals surface area contributed by atoms with E-state index in [4.69, 9.17) is 0 Å². The fraction of sp³-hybridized carbons (Fsp3) is 0.250. The Morgan fingerprint density at radius 2 is 1.75 bits per heavy atom. The molecule has 0 aliphatic rings. The second-order valence-electron chi connectivity index (χ2n) is 4.98. The second kappa shape index (κ2) is 6.27. The number of nitrogens with zero attached hydrogens (tertiary/aromatic N) is 1. The van der Waals surface area contributed by atoms with E-state index in [2.05, 4.69) is 57.3 Å². The summed E-state index contributed by atoms with van der Waals surface area (Å²) in [6, 6.07) is 13.1. The normalized spacial score (nSPS) is 12.1. The lowest BCUT2D eigenvalue weighted by Gasteiger charge is -2.18. The lowest BCUT2D eigenvalue weighted by Crippen LogP contribution is -2.10. The molecule has 0 bridgehead atoms. The highest BCUT2D eigenvalue weighted by Crippen LogP contribution is 2.28. The Labute approximate surface area is 127 Å². The van der Waals surface area contributed by atoms with Crippen molar-refractivity contribution in [3.05, 3.63) is 58.3 Å². The van der Waals surface area contributed by atoms with Crippen LogP contribution in [0.5, 0.6) is 0 Å². The molecule has 0 aliphatic heterocycles. The van der Waals surface area contributed by atoms with Gasteiger partial charge < -0.3 is 10.2 Å². The Balaban J connectivity index is 2.15. The number of hydrogen-bond donors (Lipinski definition) is 1. The molecule has 2 aromatic rings. The lowest BCUT2D eigenvalue weighted by molar-refractivity contribution is 0.627. The summed E-state index contributed by atoms with van der Waals surface area (Å²) in [5.74, 6) is -0.245.